The fraction of sp³-hybridized carbons (Fsp3) is 0.294. The van der Waals surface area contributed by atoms with Crippen molar-refractivity contribution in [1.82, 2.24) is 15.0 Å². The zero-order valence-electron chi connectivity index (χ0n) is 13.8. The van der Waals surface area contributed by atoms with Crippen molar-refractivity contribution in [2.24, 2.45) is 0 Å². The van der Waals surface area contributed by atoms with Crippen LogP contribution in [-0.4, -0.2) is 20.9 Å². The van der Waals surface area contributed by atoms with Gasteiger partial charge in [0.15, 0.2) is 5.13 Å². The molecular formula is C17H18N4OS2. The Morgan fingerprint density at radius 2 is 2.12 bits per heavy atom. The van der Waals surface area contributed by atoms with Crippen LogP contribution in [0.3, 0.4) is 0 Å². The highest BCUT2D eigenvalue weighted by Gasteiger charge is 2.17. The molecule has 0 saturated heterocycles. The van der Waals surface area contributed by atoms with Crippen molar-refractivity contribution in [3.05, 3.63) is 45.7 Å². The molecule has 0 aliphatic carbocycles. The van der Waals surface area contributed by atoms with E-state index < -0.39 is 0 Å². The summed E-state index contributed by atoms with van der Waals surface area (Å²) < 4.78 is 0. The number of amides is 1. The van der Waals surface area contributed by atoms with Gasteiger partial charge in [-0.25, -0.2) is 9.97 Å². The number of rotatable bonds is 5. The Bertz CT molecular complexity index is 869. The van der Waals surface area contributed by atoms with Crippen LogP contribution >= 0.6 is 22.7 Å². The Hall–Kier alpha value is -2.12. The van der Waals surface area contributed by atoms with Gasteiger partial charge < -0.3 is 0 Å². The van der Waals surface area contributed by atoms with E-state index in [2.05, 4.69) is 27.2 Å². The molecule has 5 nitrogen and oxygen atoms in total. The first kappa shape index (κ1) is 16.7. The second-order valence-corrected chi connectivity index (χ2v) is 7.32. The van der Waals surface area contributed by atoms with Crippen molar-refractivity contribution in [1.29, 1.82) is 0 Å². The van der Waals surface area contributed by atoms with E-state index in [1.165, 1.54) is 22.7 Å². The van der Waals surface area contributed by atoms with Gasteiger partial charge in [-0.05, 0) is 32.4 Å². The first-order valence-corrected chi connectivity index (χ1v) is 9.42. The molecule has 0 bridgehead atoms. The topological polar surface area (TPSA) is 67.8 Å². The van der Waals surface area contributed by atoms with Gasteiger partial charge in [0.25, 0.3) is 5.91 Å². The van der Waals surface area contributed by atoms with Crippen LogP contribution in [0.1, 0.15) is 40.1 Å². The normalized spacial score (nSPS) is 10.8. The number of pyridine rings is 1. The van der Waals surface area contributed by atoms with Gasteiger partial charge in [0.2, 0.25) is 0 Å². The second kappa shape index (κ2) is 7.19. The molecule has 0 fully saturated rings. The maximum atomic E-state index is 12.5. The smallest absolute Gasteiger partial charge is 0.269 e. The van der Waals surface area contributed by atoms with Crippen LogP contribution in [0.5, 0.6) is 0 Å². The van der Waals surface area contributed by atoms with Crippen molar-refractivity contribution in [2.75, 3.05) is 5.32 Å². The Kier molecular flexibility index (Phi) is 5.01. The number of carbonyl (C=O) groups is 1. The number of nitrogens with zero attached hydrogens (tertiary/aromatic N) is 3. The van der Waals surface area contributed by atoms with Crippen molar-refractivity contribution >= 4 is 33.7 Å². The average molecular weight is 358 g/mol. The summed E-state index contributed by atoms with van der Waals surface area (Å²) in [7, 11) is 0. The summed E-state index contributed by atoms with van der Waals surface area (Å²) in [5.74, 6) is -0.159. The van der Waals surface area contributed by atoms with E-state index in [0.717, 1.165) is 40.5 Å². The third-order valence-electron chi connectivity index (χ3n) is 3.41. The molecule has 0 radical (unpaired) electrons. The van der Waals surface area contributed by atoms with Crippen molar-refractivity contribution in [3.8, 4) is 10.6 Å². The van der Waals surface area contributed by atoms with Crippen LogP contribution < -0.4 is 5.32 Å². The van der Waals surface area contributed by atoms with Crippen LogP contribution in [-0.2, 0) is 6.42 Å². The molecular weight excluding hydrogens is 340 g/mol. The van der Waals surface area contributed by atoms with Gasteiger partial charge in [-0.2, -0.15) is 0 Å². The number of thiazole rings is 2. The number of hydrogen-bond donors (Lipinski definition) is 1. The minimum atomic E-state index is -0.159. The molecule has 1 amide bonds. The summed E-state index contributed by atoms with van der Waals surface area (Å²) in [6.45, 7) is 5.89. The summed E-state index contributed by atoms with van der Waals surface area (Å²) >= 11 is 2.82. The van der Waals surface area contributed by atoms with Crippen LogP contribution in [0.15, 0.2) is 23.7 Å². The predicted molar refractivity (Wildman–Crippen MR) is 98.9 cm³/mol. The summed E-state index contributed by atoms with van der Waals surface area (Å²) in [6.07, 6.45) is 3.79. The van der Waals surface area contributed by atoms with Gasteiger partial charge in [0, 0.05) is 22.8 Å². The fourth-order valence-electron chi connectivity index (χ4n) is 2.30. The summed E-state index contributed by atoms with van der Waals surface area (Å²) in [5, 5.41) is 6.20. The highest BCUT2D eigenvalue weighted by Crippen LogP contribution is 2.29. The highest BCUT2D eigenvalue weighted by molar-refractivity contribution is 7.17. The number of carbonyl (C=O) groups excluding carboxylic acids is 1. The zero-order valence-corrected chi connectivity index (χ0v) is 15.4. The van der Waals surface area contributed by atoms with Gasteiger partial charge in [-0.1, -0.05) is 13.3 Å². The summed E-state index contributed by atoms with van der Waals surface area (Å²) in [4.78, 5) is 26.3. The van der Waals surface area contributed by atoms with Crippen LogP contribution in [0.4, 0.5) is 5.13 Å². The van der Waals surface area contributed by atoms with E-state index in [1.54, 1.807) is 6.20 Å². The van der Waals surface area contributed by atoms with E-state index in [4.69, 9.17) is 0 Å². The number of aryl methyl sites for hydroxylation is 3. The Balaban J connectivity index is 1.84. The molecule has 124 valence electrons. The molecule has 3 aromatic heterocycles. The zero-order chi connectivity index (χ0) is 17.1. The lowest BCUT2D eigenvalue weighted by atomic mass is 10.2. The fourth-order valence-corrected chi connectivity index (χ4v) is 3.94. The van der Waals surface area contributed by atoms with Gasteiger partial charge >= 0.3 is 0 Å². The molecule has 0 unspecified atom stereocenters. The van der Waals surface area contributed by atoms with Gasteiger partial charge in [-0.3, -0.25) is 15.1 Å². The molecule has 3 heterocycles. The average Bonchev–Trinajstić information content (AvgIpc) is 3.14. The molecule has 0 aliphatic rings. The number of nitrogens with one attached hydrogen (secondary N) is 1. The van der Waals surface area contributed by atoms with E-state index >= 15 is 0 Å². The molecule has 0 aromatic carbocycles. The molecule has 7 heteroatoms. The second-order valence-electron chi connectivity index (χ2n) is 5.47. The maximum absolute atomic E-state index is 12.5. The van der Waals surface area contributed by atoms with Gasteiger partial charge in [0.05, 0.1) is 11.4 Å². The molecule has 1 N–H and O–H groups in total. The lowest BCUT2D eigenvalue weighted by Gasteiger charge is -2.00. The van der Waals surface area contributed by atoms with E-state index in [-0.39, 0.29) is 5.91 Å². The van der Waals surface area contributed by atoms with Crippen molar-refractivity contribution in [3.63, 3.8) is 0 Å². The third kappa shape index (κ3) is 3.68. The monoisotopic (exact) mass is 358 g/mol. The van der Waals surface area contributed by atoms with Crippen LogP contribution in [0.25, 0.3) is 10.6 Å². The lowest BCUT2D eigenvalue weighted by Crippen LogP contribution is -2.11. The summed E-state index contributed by atoms with van der Waals surface area (Å²) in [6, 6.07) is 3.98. The van der Waals surface area contributed by atoms with Gasteiger partial charge in [0.1, 0.15) is 9.88 Å². The molecule has 0 spiro atoms. The van der Waals surface area contributed by atoms with Crippen LogP contribution in [0, 0.1) is 13.8 Å². The Morgan fingerprint density at radius 3 is 2.83 bits per heavy atom. The molecule has 0 atom stereocenters. The molecule has 0 saturated carbocycles. The van der Waals surface area contributed by atoms with Gasteiger partial charge in [-0.15, -0.1) is 22.7 Å². The minimum Gasteiger partial charge on any atom is -0.297 e. The van der Waals surface area contributed by atoms with E-state index in [0.29, 0.717) is 10.0 Å². The predicted octanol–water partition coefficient (Wildman–Crippen LogP) is 4.48. The SMILES string of the molecule is CCCc1cc(-c2nc(C)c(C(=O)Nc3nc(C)cs3)s2)ccn1. The molecule has 3 rings (SSSR count). The van der Waals surface area contributed by atoms with E-state index in [9.17, 15) is 4.79 Å². The summed E-state index contributed by atoms with van der Waals surface area (Å²) in [5.41, 5.74) is 3.68. The molecule has 0 aliphatic heterocycles. The quantitative estimate of drug-likeness (QED) is 0.730. The largest absolute Gasteiger partial charge is 0.297 e. The maximum Gasteiger partial charge on any atom is 0.269 e. The minimum absolute atomic E-state index is 0.159. The van der Waals surface area contributed by atoms with Crippen LogP contribution in [0.2, 0.25) is 0 Å². The first-order chi connectivity index (χ1) is 11.6. The standard InChI is InChI=1S/C17H18N4OS2/c1-4-5-13-8-12(6-7-18-13)16-20-11(3)14(24-16)15(22)21-17-19-10(2)9-23-17/h6-9H,4-5H2,1-3H3,(H,19,21,22). The van der Waals surface area contributed by atoms with Crippen molar-refractivity contribution < 1.29 is 4.79 Å². The van der Waals surface area contributed by atoms with Crippen molar-refractivity contribution in [2.45, 2.75) is 33.6 Å². The number of anilines is 1. The lowest BCUT2D eigenvalue weighted by molar-refractivity contribution is 0.103. The Morgan fingerprint density at radius 1 is 1.29 bits per heavy atom. The number of hydrogen-bond acceptors (Lipinski definition) is 6. The Labute approximate surface area is 148 Å². The third-order valence-corrected chi connectivity index (χ3v) is 5.49. The molecule has 24 heavy (non-hydrogen) atoms. The first-order valence-electron chi connectivity index (χ1n) is 7.73. The number of aromatic nitrogens is 3. The molecule has 3 aromatic rings. The van der Waals surface area contributed by atoms with E-state index in [1.807, 2.05) is 31.4 Å². The highest BCUT2D eigenvalue weighted by atomic mass is 32.1.